The molecule has 6 heteroatoms. The Morgan fingerprint density at radius 3 is 1.11 bits per heavy atom. The number of terminal acetylenes is 2. The van der Waals surface area contributed by atoms with Crippen LogP contribution in [0.1, 0.15) is 19.6 Å². The molecule has 0 aromatic carbocycles. The van der Waals surface area contributed by atoms with Gasteiger partial charge in [-0.3, -0.25) is 0 Å². The lowest BCUT2D eigenvalue weighted by Gasteiger charge is -1.63. The third kappa shape index (κ3) is 70.0. The van der Waals surface area contributed by atoms with Crippen molar-refractivity contribution in [2.45, 2.75) is 13.8 Å². The lowest BCUT2D eigenvalue weighted by Crippen LogP contribution is -1.85. The summed E-state index contributed by atoms with van der Waals surface area (Å²) in [5, 5.41) is 16.0. The van der Waals surface area contributed by atoms with Gasteiger partial charge in [0.15, 0.2) is 0 Å². The Kier molecular flexibility index (Phi) is 36.5. The van der Waals surface area contributed by atoms with E-state index in [0.717, 1.165) is 12.6 Å². The van der Waals surface area contributed by atoms with Gasteiger partial charge in [0, 0.05) is 17.5 Å². The summed E-state index contributed by atoms with van der Waals surface area (Å²) in [7, 11) is 0. The van der Waals surface area contributed by atoms with Crippen LogP contribution in [0.4, 0.5) is 0 Å². The molecule has 0 unspecified atom stereocenters. The molecule has 0 aliphatic carbocycles. The second-order valence-corrected chi connectivity index (χ2v) is 2.87. The Balaban J connectivity index is -0.0000000447. The van der Waals surface area contributed by atoms with Crippen molar-refractivity contribution < 1.29 is 35.1 Å². The van der Waals surface area contributed by atoms with Crippen LogP contribution in [0.15, 0.2) is 0 Å². The number of aliphatic carboxylic acids is 2. The number of hydrogen-bond acceptors (Lipinski definition) is 4. The molecule has 0 aromatic heterocycles. The third-order valence-electron chi connectivity index (χ3n) is 0.983. The van der Waals surface area contributed by atoms with Crippen molar-refractivity contribution in [2.24, 2.45) is 0 Å². The maximum Gasteiger partial charge on any atom is 0.382 e. The summed E-state index contributed by atoms with van der Waals surface area (Å²) in [4.78, 5) is 37.1. The molecule has 0 aromatic rings. The molecule has 0 radical (unpaired) electrons. The van der Waals surface area contributed by atoms with E-state index in [9.17, 15) is 9.59 Å². The van der Waals surface area contributed by atoms with Crippen LogP contribution in [-0.4, -0.2) is 34.7 Å². The SMILES string of the molecule is C#CC#CC#CC#CC#CC(=O)O.C#CC#CC#CC(=O)O.CC=O.CC=O.[HH].[HH].[HH].[HH]. The number of rotatable bonds is 0. The van der Waals surface area contributed by atoms with Crippen molar-refractivity contribution in [1.29, 1.82) is 0 Å². The number of carboxylic acid groups (broad SMARTS) is 2. The molecule has 0 atom stereocenters. The molecule has 0 aliphatic heterocycles. The van der Waals surface area contributed by atoms with Crippen molar-refractivity contribution in [2.75, 3.05) is 0 Å². The predicted molar refractivity (Wildman–Crippen MR) is 112 cm³/mol. The van der Waals surface area contributed by atoms with E-state index in [2.05, 4.69) is 59.2 Å². The highest BCUT2D eigenvalue weighted by molar-refractivity contribution is 5.87. The van der Waals surface area contributed by atoms with Gasteiger partial charge in [0.2, 0.25) is 0 Å². The zero-order valence-electron chi connectivity index (χ0n) is 14.8. The largest absolute Gasteiger partial charge is 0.472 e. The first-order chi connectivity index (χ1) is 13.4. The number of carbonyl (C=O) groups excluding carboxylic acids is 2. The van der Waals surface area contributed by atoms with E-state index in [1.54, 1.807) is 11.8 Å². The molecule has 0 fully saturated rings. The Morgan fingerprint density at radius 2 is 0.857 bits per heavy atom. The number of hydrogen-bond donors (Lipinski definition) is 2. The minimum atomic E-state index is -1.23. The first-order valence-corrected chi connectivity index (χ1v) is 6.56. The van der Waals surface area contributed by atoms with E-state index < -0.39 is 11.9 Å². The molecule has 0 amide bonds. The molecular weight excluding hydrogens is 360 g/mol. The summed E-state index contributed by atoms with van der Waals surface area (Å²) in [5.74, 6) is 27.3. The first kappa shape index (κ1) is 30.6. The van der Waals surface area contributed by atoms with E-state index in [-0.39, 0.29) is 5.71 Å². The van der Waals surface area contributed by atoms with Crippen LogP contribution >= 0.6 is 0 Å². The smallest absolute Gasteiger partial charge is 0.382 e. The van der Waals surface area contributed by atoms with E-state index >= 15 is 0 Å². The van der Waals surface area contributed by atoms with Crippen LogP contribution < -0.4 is 0 Å². The van der Waals surface area contributed by atoms with E-state index in [4.69, 9.17) is 32.6 Å². The van der Waals surface area contributed by atoms with Gasteiger partial charge in [-0.2, -0.15) is 0 Å². The van der Waals surface area contributed by atoms with Crippen molar-refractivity contribution in [3.63, 3.8) is 0 Å². The maximum atomic E-state index is 9.85. The fourth-order valence-corrected chi connectivity index (χ4v) is 0.429. The Hall–Kier alpha value is -5.24. The molecule has 0 heterocycles. The predicted octanol–water partition coefficient (Wildman–Crippen LogP) is 0.823. The van der Waals surface area contributed by atoms with Crippen molar-refractivity contribution >= 4 is 24.5 Å². The second-order valence-electron chi connectivity index (χ2n) is 2.87. The fourth-order valence-electron chi connectivity index (χ4n) is 0.429. The maximum absolute atomic E-state index is 9.85. The highest BCUT2D eigenvalue weighted by Gasteiger charge is 1.78. The first-order valence-electron chi connectivity index (χ1n) is 6.56. The van der Waals surface area contributed by atoms with Gasteiger partial charge in [-0.1, -0.05) is 0 Å². The molecule has 0 bridgehead atoms. The van der Waals surface area contributed by atoms with Crippen molar-refractivity contribution in [1.82, 2.24) is 0 Å². The fraction of sp³-hybridized carbons (Fsp3) is 0.0909. The minimum absolute atomic E-state index is 0. The number of carboxylic acids is 2. The number of aldehydes is 2. The summed E-state index contributed by atoms with van der Waals surface area (Å²) in [6.45, 7) is 2.89. The van der Waals surface area contributed by atoms with Crippen LogP contribution in [-0.2, 0) is 19.2 Å². The summed E-state index contributed by atoms with van der Waals surface area (Å²) in [5.41, 5.74) is 0. The monoisotopic (exact) mass is 380 g/mol. The third-order valence-corrected chi connectivity index (χ3v) is 0.983. The molecular formula is C22H20O6. The molecule has 0 rings (SSSR count). The quantitative estimate of drug-likeness (QED) is 0.476. The minimum Gasteiger partial charge on any atom is -0.472 e. The van der Waals surface area contributed by atoms with Gasteiger partial charge in [0.25, 0.3) is 0 Å². The Morgan fingerprint density at radius 1 is 0.643 bits per heavy atom. The Labute approximate surface area is 170 Å². The van der Waals surface area contributed by atoms with E-state index in [1.807, 2.05) is 11.8 Å². The molecule has 28 heavy (non-hydrogen) atoms. The normalized spacial score (nSPS) is 4.57. The summed E-state index contributed by atoms with van der Waals surface area (Å²) in [6.07, 6.45) is 11.0. The summed E-state index contributed by atoms with van der Waals surface area (Å²) >= 11 is 0. The van der Waals surface area contributed by atoms with E-state index in [0.29, 0.717) is 0 Å². The molecule has 0 spiro atoms. The Bertz CT molecular complexity index is 990. The van der Waals surface area contributed by atoms with Gasteiger partial charge in [-0.15, -0.1) is 12.8 Å². The van der Waals surface area contributed by atoms with Gasteiger partial charge < -0.3 is 19.8 Å². The summed E-state index contributed by atoms with van der Waals surface area (Å²) in [6, 6.07) is 0. The topological polar surface area (TPSA) is 109 Å². The molecule has 6 nitrogen and oxygen atoms in total. The van der Waals surface area contributed by atoms with Crippen LogP contribution in [0, 0.1) is 95.7 Å². The zero-order chi connectivity index (χ0) is 22.5. The lowest BCUT2D eigenvalue weighted by atomic mass is 10.5. The van der Waals surface area contributed by atoms with Gasteiger partial charge in [-0.05, 0) is 84.9 Å². The van der Waals surface area contributed by atoms with Crippen LogP contribution in [0.5, 0.6) is 0 Å². The van der Waals surface area contributed by atoms with Crippen molar-refractivity contribution in [3.05, 3.63) is 0 Å². The lowest BCUT2D eigenvalue weighted by molar-refractivity contribution is -0.131. The average molecular weight is 380 g/mol. The highest BCUT2D eigenvalue weighted by atomic mass is 16.4. The molecule has 144 valence electrons. The highest BCUT2D eigenvalue weighted by Crippen LogP contribution is 1.57. The van der Waals surface area contributed by atoms with Crippen molar-refractivity contribution in [3.8, 4) is 95.7 Å². The standard InChI is InChI=1S/C11H2O2.C7H2O2.2C2H4O.4H2/c1-2-3-4-5-6-7-8-9-10-11(12)13;1-2-3-4-5-6-7(8)9;2*1-2-3;;;;/h1H,(H,12,13);1H,(H,8,9);2*2H,1H3;4*1H. The van der Waals surface area contributed by atoms with Gasteiger partial charge in [-0.25, -0.2) is 9.59 Å². The van der Waals surface area contributed by atoms with Gasteiger partial charge in [0.1, 0.15) is 12.6 Å². The zero-order valence-corrected chi connectivity index (χ0v) is 14.8. The van der Waals surface area contributed by atoms with Gasteiger partial charge >= 0.3 is 11.9 Å². The molecule has 0 saturated heterocycles. The van der Waals surface area contributed by atoms with Crippen LogP contribution in [0.2, 0.25) is 0 Å². The second kappa shape index (κ2) is 33.4. The number of carbonyl (C=O) groups is 4. The molecule has 0 saturated carbocycles. The van der Waals surface area contributed by atoms with Gasteiger partial charge in [0.05, 0.1) is 0 Å². The average Bonchev–Trinajstić information content (AvgIpc) is 2.63. The van der Waals surface area contributed by atoms with Crippen LogP contribution in [0.3, 0.4) is 0 Å². The molecule has 2 N–H and O–H groups in total. The van der Waals surface area contributed by atoms with Crippen LogP contribution in [0.25, 0.3) is 0 Å². The molecule has 0 aliphatic rings. The summed E-state index contributed by atoms with van der Waals surface area (Å²) < 4.78 is 0. The van der Waals surface area contributed by atoms with E-state index in [1.165, 1.54) is 13.8 Å².